The highest BCUT2D eigenvalue weighted by Gasteiger charge is 2.10. The fraction of sp³-hybridized carbons (Fsp3) is 0.214. The molecule has 1 heterocycles. The van der Waals surface area contributed by atoms with Gasteiger partial charge in [-0.3, -0.25) is 9.89 Å². The number of rotatable bonds is 4. The highest BCUT2D eigenvalue weighted by Crippen LogP contribution is 2.16. The number of aromatic nitrogens is 2. The van der Waals surface area contributed by atoms with Crippen LogP contribution in [0, 0.1) is 25.2 Å². The number of aryl methyl sites for hydroxylation is 2. The lowest BCUT2D eigenvalue weighted by Gasteiger charge is -2.07. The maximum atomic E-state index is 11.8. The zero-order valence-corrected chi connectivity index (χ0v) is 11.2. The molecule has 2 rings (SSSR count). The van der Waals surface area contributed by atoms with E-state index < -0.39 is 0 Å². The van der Waals surface area contributed by atoms with E-state index in [1.807, 2.05) is 13.0 Å². The number of ether oxygens (including phenoxy) is 1. The number of nitriles is 1. The van der Waals surface area contributed by atoms with Gasteiger partial charge in [0.1, 0.15) is 5.75 Å². The van der Waals surface area contributed by atoms with Gasteiger partial charge in [0.15, 0.2) is 6.61 Å². The molecule has 102 valence electrons. The van der Waals surface area contributed by atoms with Gasteiger partial charge in [-0.2, -0.15) is 10.4 Å². The number of H-pyrrole nitrogens is 1. The first-order valence-electron chi connectivity index (χ1n) is 6.04. The molecule has 6 nitrogen and oxygen atoms in total. The lowest BCUT2D eigenvalue weighted by molar-refractivity contribution is -0.118. The Morgan fingerprint density at radius 2 is 2.10 bits per heavy atom. The van der Waals surface area contributed by atoms with Crippen LogP contribution in [0.3, 0.4) is 0 Å². The van der Waals surface area contributed by atoms with E-state index in [0.717, 1.165) is 11.4 Å². The quantitative estimate of drug-likeness (QED) is 0.887. The molecular weight excluding hydrogens is 256 g/mol. The molecule has 0 aliphatic rings. The zero-order chi connectivity index (χ0) is 14.5. The molecule has 1 amide bonds. The van der Waals surface area contributed by atoms with Gasteiger partial charge in [-0.05, 0) is 38.1 Å². The third kappa shape index (κ3) is 3.14. The Labute approximate surface area is 116 Å². The van der Waals surface area contributed by atoms with E-state index in [1.54, 1.807) is 31.2 Å². The van der Waals surface area contributed by atoms with E-state index in [0.29, 0.717) is 17.0 Å². The fourth-order valence-electron chi connectivity index (χ4n) is 1.69. The second-order valence-electron chi connectivity index (χ2n) is 4.28. The van der Waals surface area contributed by atoms with Crippen molar-refractivity contribution in [1.82, 2.24) is 10.2 Å². The Hall–Kier alpha value is -2.81. The Kier molecular flexibility index (Phi) is 4.01. The number of carbonyl (C=O) groups excluding carboxylic acids is 1. The Morgan fingerprint density at radius 1 is 1.40 bits per heavy atom. The molecule has 0 aliphatic heterocycles. The van der Waals surface area contributed by atoms with Gasteiger partial charge in [-0.1, -0.05) is 0 Å². The first kappa shape index (κ1) is 13.6. The van der Waals surface area contributed by atoms with Crippen LogP contribution < -0.4 is 10.1 Å². The number of nitrogens with one attached hydrogen (secondary N) is 2. The third-order valence-electron chi connectivity index (χ3n) is 2.75. The summed E-state index contributed by atoms with van der Waals surface area (Å²) in [4.78, 5) is 11.8. The minimum absolute atomic E-state index is 0.101. The molecule has 2 N–H and O–H groups in total. The van der Waals surface area contributed by atoms with Gasteiger partial charge in [-0.15, -0.1) is 0 Å². The van der Waals surface area contributed by atoms with Crippen molar-refractivity contribution in [2.45, 2.75) is 13.8 Å². The molecule has 2 aromatic rings. The lowest BCUT2D eigenvalue weighted by Crippen LogP contribution is -2.20. The molecule has 6 heteroatoms. The van der Waals surface area contributed by atoms with Crippen molar-refractivity contribution in [3.8, 4) is 11.8 Å². The molecule has 0 aliphatic carbocycles. The molecule has 0 bridgehead atoms. The van der Waals surface area contributed by atoms with Gasteiger partial charge in [0, 0.05) is 0 Å². The summed E-state index contributed by atoms with van der Waals surface area (Å²) in [5, 5.41) is 18.2. The van der Waals surface area contributed by atoms with Gasteiger partial charge in [0.2, 0.25) is 0 Å². The lowest BCUT2D eigenvalue weighted by atomic mass is 10.2. The second-order valence-corrected chi connectivity index (χ2v) is 4.28. The summed E-state index contributed by atoms with van der Waals surface area (Å²) in [5.41, 5.74) is 2.76. The van der Waals surface area contributed by atoms with Crippen molar-refractivity contribution in [2.75, 3.05) is 11.9 Å². The van der Waals surface area contributed by atoms with Gasteiger partial charge >= 0.3 is 0 Å². The van der Waals surface area contributed by atoms with Crippen LogP contribution >= 0.6 is 0 Å². The first-order chi connectivity index (χ1) is 9.60. The van der Waals surface area contributed by atoms with Gasteiger partial charge in [0.25, 0.3) is 5.91 Å². The van der Waals surface area contributed by atoms with Crippen LogP contribution in [0.15, 0.2) is 24.3 Å². The standard InChI is InChI=1S/C14H14N4O2/c1-9-14(10(2)18-17-9)16-13(19)8-20-12-5-3-11(7-15)4-6-12/h3-6H,8H2,1-2H3,(H,16,19)(H,17,18). The average molecular weight is 270 g/mol. The molecule has 0 saturated heterocycles. The molecule has 0 fully saturated rings. The Balaban J connectivity index is 1.91. The van der Waals surface area contributed by atoms with E-state index in [1.165, 1.54) is 0 Å². The van der Waals surface area contributed by atoms with E-state index in [2.05, 4.69) is 15.5 Å². The minimum Gasteiger partial charge on any atom is -0.484 e. The van der Waals surface area contributed by atoms with Crippen LogP contribution in [0.1, 0.15) is 17.0 Å². The molecule has 0 spiro atoms. The largest absolute Gasteiger partial charge is 0.484 e. The fourth-order valence-corrected chi connectivity index (χ4v) is 1.69. The molecule has 0 radical (unpaired) electrons. The summed E-state index contributed by atoms with van der Waals surface area (Å²) in [6, 6.07) is 8.59. The van der Waals surface area contributed by atoms with Crippen molar-refractivity contribution in [3.63, 3.8) is 0 Å². The first-order valence-corrected chi connectivity index (χ1v) is 6.04. The van der Waals surface area contributed by atoms with E-state index >= 15 is 0 Å². The number of amides is 1. The summed E-state index contributed by atoms with van der Waals surface area (Å²) in [7, 11) is 0. The second kappa shape index (κ2) is 5.89. The van der Waals surface area contributed by atoms with E-state index in [9.17, 15) is 4.79 Å². The number of nitrogens with zero attached hydrogens (tertiary/aromatic N) is 2. The van der Waals surface area contributed by atoms with Crippen molar-refractivity contribution in [1.29, 1.82) is 5.26 Å². The van der Waals surface area contributed by atoms with Gasteiger partial charge < -0.3 is 10.1 Å². The number of aromatic amines is 1. The summed E-state index contributed by atoms with van der Waals surface area (Å²) in [6.45, 7) is 3.54. The van der Waals surface area contributed by atoms with Crippen molar-refractivity contribution >= 4 is 11.6 Å². The molecule has 0 saturated carbocycles. The summed E-state index contributed by atoms with van der Waals surface area (Å²) in [5.74, 6) is 0.279. The summed E-state index contributed by atoms with van der Waals surface area (Å²) < 4.78 is 5.34. The van der Waals surface area contributed by atoms with Crippen LogP contribution in [0.25, 0.3) is 0 Å². The Morgan fingerprint density at radius 3 is 2.65 bits per heavy atom. The number of anilines is 1. The number of benzene rings is 1. The van der Waals surface area contributed by atoms with E-state index in [-0.39, 0.29) is 12.5 Å². The minimum atomic E-state index is -0.262. The van der Waals surface area contributed by atoms with Crippen LogP contribution in [-0.4, -0.2) is 22.7 Å². The highest BCUT2D eigenvalue weighted by atomic mass is 16.5. The van der Waals surface area contributed by atoms with Crippen molar-refractivity contribution in [2.24, 2.45) is 0 Å². The molecule has 1 aromatic heterocycles. The van der Waals surface area contributed by atoms with Crippen LogP contribution in [-0.2, 0) is 4.79 Å². The van der Waals surface area contributed by atoms with Crippen molar-refractivity contribution < 1.29 is 9.53 Å². The molecule has 20 heavy (non-hydrogen) atoms. The normalized spacial score (nSPS) is 9.85. The van der Waals surface area contributed by atoms with Gasteiger partial charge in [-0.25, -0.2) is 0 Å². The third-order valence-corrected chi connectivity index (χ3v) is 2.75. The SMILES string of the molecule is Cc1n[nH]c(C)c1NC(=O)COc1ccc(C#N)cc1. The number of hydrogen-bond donors (Lipinski definition) is 2. The van der Waals surface area contributed by atoms with Crippen LogP contribution in [0.4, 0.5) is 5.69 Å². The van der Waals surface area contributed by atoms with E-state index in [4.69, 9.17) is 10.00 Å². The highest BCUT2D eigenvalue weighted by molar-refractivity contribution is 5.92. The molecule has 0 atom stereocenters. The predicted octanol–water partition coefficient (Wildman–Crippen LogP) is 1.92. The smallest absolute Gasteiger partial charge is 0.262 e. The molecular formula is C14H14N4O2. The number of hydrogen-bond acceptors (Lipinski definition) is 4. The molecule has 0 unspecified atom stereocenters. The maximum Gasteiger partial charge on any atom is 0.262 e. The topological polar surface area (TPSA) is 90.8 Å². The van der Waals surface area contributed by atoms with Crippen LogP contribution in [0.2, 0.25) is 0 Å². The summed E-state index contributed by atoms with van der Waals surface area (Å²) >= 11 is 0. The number of carbonyl (C=O) groups is 1. The van der Waals surface area contributed by atoms with Crippen LogP contribution in [0.5, 0.6) is 5.75 Å². The monoisotopic (exact) mass is 270 g/mol. The molecule has 1 aromatic carbocycles. The predicted molar refractivity (Wildman–Crippen MR) is 73.3 cm³/mol. The van der Waals surface area contributed by atoms with Crippen molar-refractivity contribution in [3.05, 3.63) is 41.2 Å². The van der Waals surface area contributed by atoms with Gasteiger partial charge in [0.05, 0.1) is 28.7 Å². The Bertz CT molecular complexity index is 633. The summed E-state index contributed by atoms with van der Waals surface area (Å²) in [6.07, 6.45) is 0. The maximum absolute atomic E-state index is 11.8. The average Bonchev–Trinajstić information content (AvgIpc) is 2.77. The zero-order valence-electron chi connectivity index (χ0n) is 11.2.